The SMILES string of the molecule is COC(=O)CC(C(=O)/C=C/c1ccc(O)c(C)c1)C(=O)/C=C/c1ccc(O)c(F)c1. The van der Waals surface area contributed by atoms with Gasteiger partial charge in [0.2, 0.25) is 0 Å². The number of phenols is 2. The van der Waals surface area contributed by atoms with E-state index in [0.29, 0.717) is 16.7 Å². The monoisotopic (exact) mass is 412 g/mol. The summed E-state index contributed by atoms with van der Waals surface area (Å²) in [6.45, 7) is 1.70. The van der Waals surface area contributed by atoms with E-state index < -0.39 is 41.4 Å². The molecule has 0 radical (unpaired) electrons. The van der Waals surface area contributed by atoms with Gasteiger partial charge in [-0.1, -0.05) is 24.3 Å². The standard InChI is InChI=1S/C23H21FO6/c1-14-11-15(3-7-19(14)25)4-8-20(26)17(13-23(29)30-2)21(27)9-5-16-6-10-22(28)18(24)12-16/h3-12,17,25,28H,13H2,1-2H3/b8-4+,9-5+. The van der Waals surface area contributed by atoms with E-state index in [0.717, 1.165) is 25.3 Å². The van der Waals surface area contributed by atoms with Gasteiger partial charge in [-0.25, -0.2) is 4.39 Å². The van der Waals surface area contributed by atoms with Crippen LogP contribution in [-0.2, 0) is 19.1 Å². The number of carbonyl (C=O) groups excluding carboxylic acids is 3. The van der Waals surface area contributed by atoms with Gasteiger partial charge in [-0.05, 0) is 60.0 Å². The second-order valence-corrected chi connectivity index (χ2v) is 6.56. The number of esters is 1. The first-order valence-corrected chi connectivity index (χ1v) is 9.00. The summed E-state index contributed by atoms with van der Waals surface area (Å²) in [5, 5.41) is 18.8. The number of aryl methyl sites for hydroxylation is 1. The summed E-state index contributed by atoms with van der Waals surface area (Å²) >= 11 is 0. The van der Waals surface area contributed by atoms with Crippen LogP contribution in [0.3, 0.4) is 0 Å². The molecule has 156 valence electrons. The molecule has 0 amide bonds. The number of allylic oxidation sites excluding steroid dienone is 2. The first-order chi connectivity index (χ1) is 14.2. The van der Waals surface area contributed by atoms with Gasteiger partial charge >= 0.3 is 5.97 Å². The molecule has 0 spiro atoms. The predicted octanol–water partition coefficient (Wildman–Crippen LogP) is 3.59. The molecule has 0 heterocycles. The summed E-state index contributed by atoms with van der Waals surface area (Å²) in [7, 11) is 1.15. The summed E-state index contributed by atoms with van der Waals surface area (Å²) in [4.78, 5) is 36.8. The number of hydrogen-bond acceptors (Lipinski definition) is 6. The Hall–Kier alpha value is -3.74. The zero-order valence-corrected chi connectivity index (χ0v) is 16.5. The van der Waals surface area contributed by atoms with Gasteiger partial charge < -0.3 is 14.9 Å². The molecular formula is C23H21FO6. The lowest BCUT2D eigenvalue weighted by Crippen LogP contribution is -2.25. The van der Waals surface area contributed by atoms with Gasteiger partial charge in [-0.15, -0.1) is 0 Å². The number of rotatable bonds is 8. The molecule has 30 heavy (non-hydrogen) atoms. The number of ketones is 2. The fourth-order valence-electron chi connectivity index (χ4n) is 2.59. The average molecular weight is 412 g/mol. The second-order valence-electron chi connectivity index (χ2n) is 6.56. The molecule has 0 aromatic heterocycles. The van der Waals surface area contributed by atoms with Crippen molar-refractivity contribution in [1.29, 1.82) is 0 Å². The van der Waals surface area contributed by atoms with Crippen LogP contribution in [0.5, 0.6) is 11.5 Å². The molecule has 0 aliphatic carbocycles. The number of benzene rings is 2. The number of hydrogen-bond donors (Lipinski definition) is 2. The quantitative estimate of drug-likeness (QED) is 0.390. The van der Waals surface area contributed by atoms with Gasteiger partial charge in [0.1, 0.15) is 5.75 Å². The highest BCUT2D eigenvalue weighted by molar-refractivity contribution is 6.14. The molecule has 2 aromatic rings. The molecule has 0 saturated heterocycles. The van der Waals surface area contributed by atoms with Gasteiger partial charge in [-0.2, -0.15) is 0 Å². The normalized spacial score (nSPS) is 12.2. The lowest BCUT2D eigenvalue weighted by molar-refractivity contribution is -0.145. The predicted molar refractivity (Wildman–Crippen MR) is 109 cm³/mol. The molecule has 2 rings (SSSR count). The molecule has 0 fully saturated rings. The van der Waals surface area contributed by atoms with Crippen molar-refractivity contribution in [3.05, 3.63) is 71.1 Å². The third kappa shape index (κ3) is 6.13. The molecule has 0 aliphatic heterocycles. The van der Waals surface area contributed by atoms with Crippen LogP contribution in [0.4, 0.5) is 4.39 Å². The number of ether oxygens (including phenoxy) is 1. The first-order valence-electron chi connectivity index (χ1n) is 9.00. The minimum absolute atomic E-state index is 0.119. The van der Waals surface area contributed by atoms with Crippen molar-refractivity contribution < 1.29 is 33.7 Å². The van der Waals surface area contributed by atoms with Crippen molar-refractivity contribution in [3.63, 3.8) is 0 Å². The Bertz CT molecular complexity index is 949. The topological polar surface area (TPSA) is 101 Å². The summed E-state index contributed by atoms with van der Waals surface area (Å²) < 4.78 is 18.0. The van der Waals surface area contributed by atoms with Crippen LogP contribution < -0.4 is 0 Å². The lowest BCUT2D eigenvalue weighted by atomic mass is 9.93. The van der Waals surface area contributed by atoms with Crippen molar-refractivity contribution in [1.82, 2.24) is 0 Å². The molecule has 0 saturated carbocycles. The zero-order valence-electron chi connectivity index (χ0n) is 16.5. The fourth-order valence-corrected chi connectivity index (χ4v) is 2.59. The molecule has 1 unspecified atom stereocenters. The Morgan fingerprint density at radius 2 is 1.50 bits per heavy atom. The Labute approximate surface area is 172 Å². The summed E-state index contributed by atoms with van der Waals surface area (Å²) in [5.41, 5.74) is 1.56. The fraction of sp³-hybridized carbons (Fsp3) is 0.174. The maximum atomic E-state index is 13.4. The largest absolute Gasteiger partial charge is 0.508 e. The molecule has 0 bridgehead atoms. The zero-order chi connectivity index (χ0) is 22.3. The third-order valence-corrected chi connectivity index (χ3v) is 4.36. The van der Waals surface area contributed by atoms with E-state index >= 15 is 0 Å². The minimum Gasteiger partial charge on any atom is -0.508 e. The Morgan fingerprint density at radius 1 is 0.967 bits per heavy atom. The molecule has 2 N–H and O–H groups in total. The van der Waals surface area contributed by atoms with Crippen molar-refractivity contribution in [2.75, 3.05) is 7.11 Å². The van der Waals surface area contributed by atoms with E-state index in [4.69, 9.17) is 0 Å². The second kappa shape index (κ2) is 10.2. The maximum absolute atomic E-state index is 13.4. The number of methoxy groups -OCH3 is 1. The smallest absolute Gasteiger partial charge is 0.306 e. The highest BCUT2D eigenvalue weighted by Crippen LogP contribution is 2.20. The number of aromatic hydroxyl groups is 2. The highest BCUT2D eigenvalue weighted by atomic mass is 19.1. The Kier molecular flexibility index (Phi) is 7.63. The number of halogens is 1. The lowest BCUT2D eigenvalue weighted by Gasteiger charge is -2.09. The van der Waals surface area contributed by atoms with Crippen LogP contribution in [0, 0.1) is 18.7 Å². The van der Waals surface area contributed by atoms with E-state index in [9.17, 15) is 29.0 Å². The Morgan fingerprint density at radius 3 is 2.00 bits per heavy atom. The van der Waals surface area contributed by atoms with Crippen molar-refractivity contribution in [2.24, 2.45) is 5.92 Å². The van der Waals surface area contributed by atoms with Crippen LogP contribution in [0.2, 0.25) is 0 Å². The summed E-state index contributed by atoms with van der Waals surface area (Å²) in [6, 6.07) is 8.31. The van der Waals surface area contributed by atoms with Crippen LogP contribution >= 0.6 is 0 Å². The summed E-state index contributed by atoms with van der Waals surface area (Å²) in [5.74, 6) is -4.52. The van der Waals surface area contributed by atoms with E-state index in [-0.39, 0.29) is 5.75 Å². The van der Waals surface area contributed by atoms with Gasteiger partial charge in [0.15, 0.2) is 23.1 Å². The first kappa shape index (κ1) is 22.5. The molecule has 1 atom stereocenters. The molecule has 7 heteroatoms. The van der Waals surface area contributed by atoms with Crippen LogP contribution in [0.15, 0.2) is 48.6 Å². The minimum atomic E-state index is -1.30. The maximum Gasteiger partial charge on any atom is 0.306 e. The van der Waals surface area contributed by atoms with E-state index in [1.807, 2.05) is 0 Å². The Balaban J connectivity index is 2.21. The number of carbonyl (C=O) groups is 3. The van der Waals surface area contributed by atoms with Gasteiger partial charge in [0.25, 0.3) is 0 Å². The molecule has 2 aromatic carbocycles. The van der Waals surface area contributed by atoms with Crippen molar-refractivity contribution in [3.8, 4) is 11.5 Å². The van der Waals surface area contributed by atoms with E-state index in [1.54, 1.807) is 19.1 Å². The highest BCUT2D eigenvalue weighted by Gasteiger charge is 2.26. The van der Waals surface area contributed by atoms with Crippen LogP contribution in [-0.4, -0.2) is 34.9 Å². The average Bonchev–Trinajstić information content (AvgIpc) is 2.73. The molecular weight excluding hydrogens is 391 g/mol. The summed E-state index contributed by atoms with van der Waals surface area (Å²) in [6.07, 6.45) is 4.59. The van der Waals surface area contributed by atoms with Crippen LogP contribution in [0.25, 0.3) is 12.2 Å². The van der Waals surface area contributed by atoms with Crippen molar-refractivity contribution in [2.45, 2.75) is 13.3 Å². The molecule has 0 aliphatic rings. The van der Waals surface area contributed by atoms with E-state index in [2.05, 4.69) is 4.74 Å². The third-order valence-electron chi connectivity index (χ3n) is 4.36. The molecule has 6 nitrogen and oxygen atoms in total. The van der Waals surface area contributed by atoms with Gasteiger partial charge in [0.05, 0.1) is 19.4 Å². The van der Waals surface area contributed by atoms with E-state index in [1.165, 1.54) is 30.4 Å². The van der Waals surface area contributed by atoms with Gasteiger partial charge in [0, 0.05) is 0 Å². The van der Waals surface area contributed by atoms with Crippen molar-refractivity contribution >= 4 is 29.7 Å². The van der Waals surface area contributed by atoms with Gasteiger partial charge in [-0.3, -0.25) is 14.4 Å². The van der Waals surface area contributed by atoms with Crippen LogP contribution in [0.1, 0.15) is 23.1 Å². The number of phenolic OH excluding ortho intramolecular Hbond substituents is 2.